The molecule has 45 heavy (non-hydrogen) atoms. The monoisotopic (exact) mass is 783 g/mol. The number of amides is 2. The Morgan fingerprint density at radius 3 is 1.20 bits per heavy atom. The molecule has 0 saturated heterocycles. The molecule has 20 heteroatoms. The summed E-state index contributed by atoms with van der Waals surface area (Å²) in [6.07, 6.45) is 0. The number of halogens is 6. The smallest absolute Gasteiger partial charge is 0.454 e. The maximum atomic E-state index is 13.3. The molecule has 0 heterocycles. The minimum absolute atomic E-state index is 0. The van der Waals surface area contributed by atoms with Gasteiger partial charge in [0.2, 0.25) is 0 Å². The van der Waals surface area contributed by atoms with Gasteiger partial charge in [-0.1, -0.05) is 69.6 Å². The van der Waals surface area contributed by atoms with Crippen LogP contribution in [0.1, 0.15) is 0 Å². The van der Waals surface area contributed by atoms with Gasteiger partial charge in [-0.15, -0.1) is 0 Å². The first kappa shape index (κ1) is 37.8. The fourth-order valence-electron chi connectivity index (χ4n) is 3.60. The zero-order valence-electron chi connectivity index (χ0n) is 22.1. The van der Waals surface area contributed by atoms with E-state index in [1.54, 1.807) is 0 Å². The maximum Gasteiger partial charge on any atom is 1.00 e. The van der Waals surface area contributed by atoms with Gasteiger partial charge in [0.25, 0.3) is 20.2 Å². The second-order valence-corrected chi connectivity index (χ2v) is 13.6. The summed E-state index contributed by atoms with van der Waals surface area (Å²) >= 11 is 36.2. The zero-order valence-corrected chi connectivity index (χ0v) is 30.3. The van der Waals surface area contributed by atoms with E-state index in [4.69, 9.17) is 79.1 Å². The molecule has 0 fully saturated rings. The van der Waals surface area contributed by atoms with Gasteiger partial charge in [-0.3, -0.25) is 9.11 Å². The minimum atomic E-state index is -5.13. The van der Waals surface area contributed by atoms with Crippen molar-refractivity contribution in [3.63, 3.8) is 0 Å². The van der Waals surface area contributed by atoms with Crippen LogP contribution in [-0.4, -0.2) is 32.0 Å². The first-order valence-corrected chi connectivity index (χ1v) is 16.5. The standard InChI is InChI=1S/C25H14Cl6N2O9S2.Na/c26-11-1-5-17(15(30)9-11)41-19-7-3-13(28)23(43(35,36)37)21(19)32-25(34)33-22-20(8-4-14(29)24(22)44(38,39)40)42-18-6-2-12(27)10-16(18)31;/h1-10H,(H2,32,33,34)(H,35,36,37)(H,38,39,40);/q;+1. The number of nitrogens with one attached hydrogen (secondary N) is 2. The first-order chi connectivity index (χ1) is 20.5. The molecule has 232 valence electrons. The number of ether oxygens (including phenoxy) is 2. The van der Waals surface area contributed by atoms with E-state index < -0.39 is 57.5 Å². The number of rotatable bonds is 8. The van der Waals surface area contributed by atoms with Gasteiger partial charge in [-0.25, -0.2) is 4.79 Å². The second kappa shape index (κ2) is 15.0. The van der Waals surface area contributed by atoms with Crippen molar-refractivity contribution in [3.05, 3.63) is 90.8 Å². The quantitative estimate of drug-likeness (QED) is 0.118. The molecular weight excluding hydrogens is 772 g/mol. The van der Waals surface area contributed by atoms with Gasteiger partial charge in [-0.05, 0) is 60.7 Å². The van der Waals surface area contributed by atoms with Gasteiger partial charge in [-0.2, -0.15) is 16.8 Å². The Balaban J connectivity index is 0.00000552. The van der Waals surface area contributed by atoms with Crippen LogP contribution in [0, 0.1) is 0 Å². The predicted octanol–water partition coefficient (Wildman–Crippen LogP) is 6.33. The molecule has 4 rings (SSSR count). The number of benzene rings is 4. The largest absolute Gasteiger partial charge is 1.00 e. The minimum Gasteiger partial charge on any atom is -0.454 e. The van der Waals surface area contributed by atoms with E-state index in [0.717, 1.165) is 24.3 Å². The maximum absolute atomic E-state index is 13.3. The third-order valence-electron chi connectivity index (χ3n) is 5.36. The molecule has 0 aliphatic rings. The summed E-state index contributed by atoms with van der Waals surface area (Å²) in [7, 11) is -10.3. The molecule has 4 N–H and O–H groups in total. The van der Waals surface area contributed by atoms with E-state index in [1.807, 2.05) is 0 Å². The summed E-state index contributed by atoms with van der Waals surface area (Å²) < 4.78 is 80.4. The Morgan fingerprint density at radius 1 is 0.556 bits per heavy atom. The fraction of sp³-hybridized carbons (Fsp3) is 0. The summed E-state index contributed by atoms with van der Waals surface area (Å²) in [5.41, 5.74) is -1.38. The van der Waals surface area contributed by atoms with Crippen molar-refractivity contribution in [2.24, 2.45) is 0 Å². The number of carbonyl (C=O) groups excluding carboxylic acids is 1. The van der Waals surface area contributed by atoms with Crippen molar-refractivity contribution in [2.75, 3.05) is 10.6 Å². The average molecular weight is 786 g/mol. The van der Waals surface area contributed by atoms with Crippen LogP contribution in [0.2, 0.25) is 30.1 Å². The molecule has 0 spiro atoms. The molecule has 0 radical (unpaired) electrons. The summed E-state index contributed by atoms with van der Waals surface area (Å²) in [5, 5.41) is 3.74. The number of urea groups is 1. The molecule has 11 nitrogen and oxygen atoms in total. The van der Waals surface area contributed by atoms with Gasteiger partial charge in [0.05, 0.1) is 20.1 Å². The molecule has 0 aromatic heterocycles. The van der Waals surface area contributed by atoms with Crippen molar-refractivity contribution < 1.29 is 69.8 Å². The van der Waals surface area contributed by atoms with Crippen LogP contribution in [0.5, 0.6) is 23.0 Å². The van der Waals surface area contributed by atoms with Crippen molar-refractivity contribution in [2.45, 2.75) is 9.79 Å². The Morgan fingerprint density at radius 2 is 0.889 bits per heavy atom. The molecule has 2 amide bonds. The van der Waals surface area contributed by atoms with Crippen LogP contribution in [0.3, 0.4) is 0 Å². The summed E-state index contributed by atoms with van der Waals surface area (Å²) in [6.45, 7) is 0. The van der Waals surface area contributed by atoms with E-state index in [9.17, 15) is 30.7 Å². The van der Waals surface area contributed by atoms with E-state index >= 15 is 0 Å². The molecule has 4 aromatic rings. The van der Waals surface area contributed by atoms with Crippen molar-refractivity contribution in [1.29, 1.82) is 0 Å². The summed E-state index contributed by atoms with van der Waals surface area (Å²) in [4.78, 5) is 11.4. The molecular formula is C25H14Cl6N2NaO9S2+. The van der Waals surface area contributed by atoms with Crippen LogP contribution in [-0.2, 0) is 20.2 Å². The molecule has 0 saturated carbocycles. The van der Waals surface area contributed by atoms with Gasteiger partial charge >= 0.3 is 35.6 Å². The van der Waals surface area contributed by atoms with Crippen LogP contribution >= 0.6 is 69.6 Å². The van der Waals surface area contributed by atoms with Crippen molar-refractivity contribution in [3.8, 4) is 23.0 Å². The van der Waals surface area contributed by atoms with E-state index in [-0.39, 0.29) is 72.6 Å². The molecule has 0 aliphatic heterocycles. The first-order valence-electron chi connectivity index (χ1n) is 11.4. The second-order valence-electron chi connectivity index (χ2n) is 8.38. The molecule has 0 bridgehead atoms. The Hall–Kier alpha value is -1.69. The third kappa shape index (κ3) is 9.23. The van der Waals surface area contributed by atoms with E-state index in [1.165, 1.54) is 36.4 Å². The topological polar surface area (TPSA) is 168 Å². The summed E-state index contributed by atoms with van der Waals surface area (Å²) in [6, 6.07) is 11.2. The van der Waals surface area contributed by atoms with Crippen LogP contribution in [0.15, 0.2) is 70.5 Å². The molecule has 0 unspecified atom stereocenters. The number of hydrogen-bond donors (Lipinski definition) is 4. The SMILES string of the molecule is O=C(Nc1c(Oc2ccc(Cl)cc2Cl)ccc(Cl)c1S(=O)(=O)O)Nc1c(Oc2ccc(Cl)cc2Cl)ccc(Cl)c1S(=O)(=O)O.[Na+]. The number of hydrogen-bond acceptors (Lipinski definition) is 7. The van der Waals surface area contributed by atoms with E-state index in [2.05, 4.69) is 10.6 Å². The predicted molar refractivity (Wildman–Crippen MR) is 168 cm³/mol. The van der Waals surface area contributed by atoms with Crippen molar-refractivity contribution in [1.82, 2.24) is 0 Å². The number of carbonyl (C=O) groups is 1. The van der Waals surface area contributed by atoms with Crippen molar-refractivity contribution >= 4 is 107 Å². The zero-order chi connectivity index (χ0) is 32.6. The Kier molecular flexibility index (Phi) is 12.6. The van der Waals surface area contributed by atoms with Crippen LogP contribution in [0.4, 0.5) is 16.2 Å². The van der Waals surface area contributed by atoms with Crippen LogP contribution < -0.4 is 49.7 Å². The molecule has 4 aromatic carbocycles. The molecule has 0 aliphatic carbocycles. The van der Waals surface area contributed by atoms with Gasteiger partial charge < -0.3 is 20.1 Å². The average Bonchev–Trinajstić information content (AvgIpc) is 2.88. The fourth-order valence-corrected chi connectivity index (χ4v) is 6.84. The van der Waals surface area contributed by atoms with Gasteiger partial charge in [0.1, 0.15) is 32.7 Å². The van der Waals surface area contributed by atoms with E-state index in [0.29, 0.717) is 0 Å². The van der Waals surface area contributed by atoms with Gasteiger partial charge in [0, 0.05) is 10.0 Å². The molecule has 0 atom stereocenters. The Bertz CT molecular complexity index is 1890. The van der Waals surface area contributed by atoms with Crippen LogP contribution in [0.25, 0.3) is 0 Å². The normalized spacial score (nSPS) is 11.4. The summed E-state index contributed by atoms with van der Waals surface area (Å²) in [5.74, 6) is -0.844. The Labute approximate surface area is 308 Å². The van der Waals surface area contributed by atoms with Gasteiger partial charge in [0.15, 0.2) is 11.5 Å². The number of anilines is 2. The third-order valence-corrected chi connectivity index (χ3v) is 9.16.